The second-order valence-electron chi connectivity index (χ2n) is 7.75. The van der Waals surface area contributed by atoms with E-state index in [-0.39, 0.29) is 17.9 Å². The van der Waals surface area contributed by atoms with Gasteiger partial charge in [-0.05, 0) is 46.6 Å². The summed E-state index contributed by atoms with van der Waals surface area (Å²) >= 11 is 3.40. The van der Waals surface area contributed by atoms with Crippen molar-refractivity contribution in [3.8, 4) is 11.4 Å². The first kappa shape index (κ1) is 21.1. The largest absolute Gasteiger partial charge is 0.453 e. The highest BCUT2D eigenvalue weighted by Gasteiger charge is 2.36. The minimum absolute atomic E-state index is 0.0226. The lowest BCUT2D eigenvalue weighted by Gasteiger charge is -2.35. The molecule has 1 saturated heterocycles. The maximum atomic E-state index is 13.0. The van der Waals surface area contributed by atoms with E-state index in [1.54, 1.807) is 15.6 Å². The summed E-state index contributed by atoms with van der Waals surface area (Å²) in [5.74, 6) is 0.594. The van der Waals surface area contributed by atoms with Crippen molar-refractivity contribution >= 4 is 39.1 Å². The molecule has 168 valence electrons. The molecule has 0 bridgehead atoms. The summed E-state index contributed by atoms with van der Waals surface area (Å²) in [4.78, 5) is 30.5. The Kier molecular flexibility index (Phi) is 5.33. The molecule has 1 fully saturated rings. The molecule has 0 radical (unpaired) electrons. The predicted molar refractivity (Wildman–Crippen MR) is 122 cm³/mol. The van der Waals surface area contributed by atoms with Crippen molar-refractivity contribution in [3.05, 3.63) is 64.2 Å². The number of hydrogen-bond acceptors (Lipinski definition) is 7. The molecule has 0 spiro atoms. The molecule has 10 nitrogen and oxygen atoms in total. The minimum atomic E-state index is -0.372. The van der Waals surface area contributed by atoms with Crippen molar-refractivity contribution < 1.29 is 18.8 Å². The topological polar surface area (TPSA) is 115 Å². The SMILES string of the molecule is COC(=O)N1CC(c2nc(-c3ccc(C)c(NC(=O)c4cnn5cc(Br)ccc45)c3)no2)C1. The number of aromatic nitrogens is 4. The fraction of sp³-hybridized carbons (Fsp3) is 0.227. The number of likely N-dealkylation sites (tertiary alicyclic amines) is 1. The zero-order valence-electron chi connectivity index (χ0n) is 17.8. The van der Waals surface area contributed by atoms with Gasteiger partial charge in [0.15, 0.2) is 0 Å². The molecule has 1 aromatic carbocycles. The van der Waals surface area contributed by atoms with Gasteiger partial charge in [0.05, 0.1) is 30.3 Å². The zero-order chi connectivity index (χ0) is 23.1. The number of fused-ring (bicyclic) bond motifs is 1. The number of amides is 2. The number of nitrogens with zero attached hydrogens (tertiary/aromatic N) is 5. The third-order valence-electron chi connectivity index (χ3n) is 5.57. The third kappa shape index (κ3) is 3.95. The average molecular weight is 511 g/mol. The van der Waals surface area contributed by atoms with Crippen LogP contribution in [0.1, 0.15) is 27.7 Å². The number of halogens is 1. The highest BCUT2D eigenvalue weighted by atomic mass is 79.9. The van der Waals surface area contributed by atoms with Crippen LogP contribution in [0.2, 0.25) is 0 Å². The van der Waals surface area contributed by atoms with E-state index in [4.69, 9.17) is 9.26 Å². The summed E-state index contributed by atoms with van der Waals surface area (Å²) in [6, 6.07) is 9.26. The van der Waals surface area contributed by atoms with Crippen molar-refractivity contribution in [2.24, 2.45) is 0 Å². The van der Waals surface area contributed by atoms with Crippen LogP contribution in [0, 0.1) is 6.92 Å². The average Bonchev–Trinajstić information content (AvgIpc) is 3.41. The molecular formula is C22H19BrN6O4. The van der Waals surface area contributed by atoms with Gasteiger partial charge in [-0.2, -0.15) is 10.1 Å². The van der Waals surface area contributed by atoms with E-state index in [9.17, 15) is 9.59 Å². The maximum absolute atomic E-state index is 13.0. The normalized spacial score (nSPS) is 13.7. The van der Waals surface area contributed by atoms with Crippen molar-refractivity contribution in [1.29, 1.82) is 0 Å². The van der Waals surface area contributed by atoms with Crippen molar-refractivity contribution in [3.63, 3.8) is 0 Å². The van der Waals surface area contributed by atoms with Gasteiger partial charge in [0.2, 0.25) is 11.7 Å². The number of methoxy groups -OCH3 is 1. The Balaban J connectivity index is 1.34. The summed E-state index contributed by atoms with van der Waals surface area (Å²) in [6.45, 7) is 2.85. The Bertz CT molecular complexity index is 1370. The monoisotopic (exact) mass is 510 g/mol. The molecule has 0 saturated carbocycles. The summed E-state index contributed by atoms with van der Waals surface area (Å²) in [6.07, 6.45) is 2.96. The number of benzene rings is 1. The lowest BCUT2D eigenvalue weighted by molar-refractivity contribution is 0.0804. The van der Waals surface area contributed by atoms with E-state index >= 15 is 0 Å². The first-order valence-electron chi connectivity index (χ1n) is 10.1. The van der Waals surface area contributed by atoms with Gasteiger partial charge >= 0.3 is 6.09 Å². The first-order chi connectivity index (χ1) is 15.9. The van der Waals surface area contributed by atoms with E-state index < -0.39 is 0 Å². The molecular weight excluding hydrogens is 492 g/mol. The van der Waals surface area contributed by atoms with Crippen LogP contribution in [0.5, 0.6) is 0 Å². The highest BCUT2D eigenvalue weighted by Crippen LogP contribution is 2.29. The van der Waals surface area contributed by atoms with E-state index in [0.29, 0.717) is 47.1 Å². The summed E-state index contributed by atoms with van der Waals surface area (Å²) in [7, 11) is 1.35. The van der Waals surface area contributed by atoms with Gasteiger partial charge in [-0.3, -0.25) is 4.79 Å². The van der Waals surface area contributed by atoms with Crippen molar-refractivity contribution in [2.75, 3.05) is 25.5 Å². The predicted octanol–water partition coefficient (Wildman–Crippen LogP) is 3.87. The number of ether oxygens (including phenoxy) is 1. The highest BCUT2D eigenvalue weighted by molar-refractivity contribution is 9.10. The Labute approximate surface area is 196 Å². The fourth-order valence-electron chi connectivity index (χ4n) is 3.65. The molecule has 4 heterocycles. The third-order valence-corrected chi connectivity index (χ3v) is 6.04. The number of carbonyl (C=O) groups is 2. The number of anilines is 1. The summed E-state index contributed by atoms with van der Waals surface area (Å²) in [5, 5.41) is 11.3. The number of aryl methyl sites for hydroxylation is 1. The second-order valence-corrected chi connectivity index (χ2v) is 8.66. The van der Waals surface area contributed by atoms with Crippen LogP contribution in [0.4, 0.5) is 10.5 Å². The van der Waals surface area contributed by atoms with Crippen LogP contribution in [0.3, 0.4) is 0 Å². The fourth-order valence-corrected chi connectivity index (χ4v) is 3.98. The van der Waals surface area contributed by atoms with Gasteiger partial charge in [-0.25, -0.2) is 9.31 Å². The van der Waals surface area contributed by atoms with Crippen LogP contribution in [-0.2, 0) is 4.74 Å². The Hall–Kier alpha value is -3.73. The standard InChI is InChI=1S/C22H19BrN6O4/c1-12-3-4-13(19-26-21(33-27-19)14-9-28(10-14)22(31)32-2)7-17(12)25-20(30)16-8-24-29-11-15(23)5-6-18(16)29/h3-8,11,14H,9-10H2,1-2H3,(H,25,30). The molecule has 2 amide bonds. The number of nitrogens with one attached hydrogen (secondary N) is 1. The van der Waals surface area contributed by atoms with E-state index in [1.165, 1.54) is 13.3 Å². The Morgan fingerprint density at radius 3 is 2.85 bits per heavy atom. The van der Waals surface area contributed by atoms with Gasteiger partial charge in [0.1, 0.15) is 0 Å². The van der Waals surface area contributed by atoms with Gasteiger partial charge < -0.3 is 19.5 Å². The number of hydrogen-bond donors (Lipinski definition) is 1. The summed E-state index contributed by atoms with van der Waals surface area (Å²) in [5.41, 5.74) is 3.41. The smallest absolute Gasteiger partial charge is 0.409 e. The lowest BCUT2D eigenvalue weighted by atomic mass is 10.0. The van der Waals surface area contributed by atoms with Gasteiger partial charge in [0, 0.05) is 35.0 Å². The van der Waals surface area contributed by atoms with E-state index in [1.807, 2.05) is 37.3 Å². The van der Waals surface area contributed by atoms with Crippen LogP contribution >= 0.6 is 15.9 Å². The molecule has 4 aromatic rings. The van der Waals surface area contributed by atoms with Crippen molar-refractivity contribution in [1.82, 2.24) is 24.7 Å². The Morgan fingerprint density at radius 1 is 1.24 bits per heavy atom. The van der Waals surface area contributed by atoms with Crippen molar-refractivity contribution in [2.45, 2.75) is 12.8 Å². The van der Waals surface area contributed by atoms with Crippen LogP contribution in [-0.4, -0.2) is 56.9 Å². The lowest BCUT2D eigenvalue weighted by Crippen LogP contribution is -2.48. The number of rotatable bonds is 4. The number of pyridine rings is 1. The quantitative estimate of drug-likeness (QED) is 0.442. The molecule has 1 N–H and O–H groups in total. The molecule has 0 atom stereocenters. The van der Waals surface area contributed by atoms with Gasteiger partial charge in [0.25, 0.3) is 5.91 Å². The summed E-state index contributed by atoms with van der Waals surface area (Å²) < 4.78 is 12.6. The van der Waals surface area contributed by atoms with Gasteiger partial charge in [-0.15, -0.1) is 0 Å². The molecule has 3 aromatic heterocycles. The maximum Gasteiger partial charge on any atom is 0.409 e. The molecule has 1 aliphatic heterocycles. The molecule has 11 heteroatoms. The molecule has 0 aliphatic carbocycles. The van der Waals surface area contributed by atoms with Gasteiger partial charge in [-0.1, -0.05) is 17.3 Å². The molecule has 33 heavy (non-hydrogen) atoms. The first-order valence-corrected chi connectivity index (χ1v) is 10.9. The zero-order valence-corrected chi connectivity index (χ0v) is 19.4. The van der Waals surface area contributed by atoms with Crippen LogP contribution < -0.4 is 5.32 Å². The Morgan fingerprint density at radius 2 is 2.06 bits per heavy atom. The number of carbonyl (C=O) groups excluding carboxylic acids is 2. The molecule has 0 unspecified atom stereocenters. The van der Waals surface area contributed by atoms with Crippen LogP contribution in [0.25, 0.3) is 16.9 Å². The minimum Gasteiger partial charge on any atom is -0.453 e. The molecule has 1 aliphatic rings. The van der Waals surface area contributed by atoms with Crippen LogP contribution in [0.15, 0.2) is 51.7 Å². The molecule has 5 rings (SSSR count). The second kappa shape index (κ2) is 8.32. The van der Waals surface area contributed by atoms with E-state index in [0.717, 1.165) is 10.0 Å². The van der Waals surface area contributed by atoms with E-state index in [2.05, 4.69) is 36.5 Å².